The van der Waals surface area contributed by atoms with E-state index in [9.17, 15) is 4.39 Å². The molecule has 0 saturated carbocycles. The second-order valence-electron chi connectivity index (χ2n) is 5.02. The standard InChI is InChI=1S/C14H20FNO2/c1-9-5-12(6-10(2)18-9)17-8-11-3-4-14(16)13(15)7-11/h3-4,7,9-10,12H,5-6,8,16H2,1-2H3. The minimum Gasteiger partial charge on any atom is -0.396 e. The molecule has 1 aliphatic rings. The van der Waals surface area contributed by atoms with Gasteiger partial charge in [0.1, 0.15) is 5.82 Å². The van der Waals surface area contributed by atoms with Crippen LogP contribution in [0.4, 0.5) is 10.1 Å². The predicted octanol–water partition coefficient (Wildman–Crippen LogP) is 2.88. The van der Waals surface area contributed by atoms with E-state index in [2.05, 4.69) is 13.8 Å². The second kappa shape index (κ2) is 5.67. The van der Waals surface area contributed by atoms with Crippen molar-refractivity contribution in [2.24, 2.45) is 0 Å². The van der Waals surface area contributed by atoms with Gasteiger partial charge in [0, 0.05) is 0 Å². The number of hydrogen-bond acceptors (Lipinski definition) is 3. The highest BCUT2D eigenvalue weighted by molar-refractivity contribution is 5.41. The summed E-state index contributed by atoms with van der Waals surface area (Å²) in [7, 11) is 0. The van der Waals surface area contributed by atoms with Gasteiger partial charge in [0.15, 0.2) is 0 Å². The van der Waals surface area contributed by atoms with Crippen LogP contribution in [0.5, 0.6) is 0 Å². The van der Waals surface area contributed by atoms with E-state index < -0.39 is 0 Å². The van der Waals surface area contributed by atoms with Crippen molar-refractivity contribution in [2.45, 2.75) is 51.6 Å². The molecule has 1 aliphatic heterocycles. The Morgan fingerprint density at radius 1 is 1.33 bits per heavy atom. The molecule has 2 rings (SSSR count). The summed E-state index contributed by atoms with van der Waals surface area (Å²) in [5.74, 6) is -0.384. The molecule has 0 radical (unpaired) electrons. The van der Waals surface area contributed by atoms with Crippen molar-refractivity contribution < 1.29 is 13.9 Å². The van der Waals surface area contributed by atoms with Gasteiger partial charge < -0.3 is 15.2 Å². The normalized spacial score (nSPS) is 28.3. The molecule has 3 nitrogen and oxygen atoms in total. The fraction of sp³-hybridized carbons (Fsp3) is 0.571. The van der Waals surface area contributed by atoms with Crippen molar-refractivity contribution in [3.63, 3.8) is 0 Å². The number of ether oxygens (including phenoxy) is 2. The van der Waals surface area contributed by atoms with E-state index in [4.69, 9.17) is 15.2 Å². The van der Waals surface area contributed by atoms with Crippen LogP contribution in [0.3, 0.4) is 0 Å². The first-order valence-electron chi connectivity index (χ1n) is 6.35. The number of nitrogen functional groups attached to an aromatic ring is 1. The monoisotopic (exact) mass is 253 g/mol. The highest BCUT2D eigenvalue weighted by Gasteiger charge is 2.24. The third kappa shape index (κ3) is 3.43. The molecule has 0 bridgehead atoms. The van der Waals surface area contributed by atoms with Gasteiger partial charge in [-0.2, -0.15) is 0 Å². The Kier molecular flexibility index (Phi) is 4.19. The van der Waals surface area contributed by atoms with Crippen LogP contribution in [0.25, 0.3) is 0 Å². The first kappa shape index (κ1) is 13.3. The first-order valence-corrected chi connectivity index (χ1v) is 6.35. The van der Waals surface area contributed by atoms with Gasteiger partial charge in [0.05, 0.1) is 30.6 Å². The molecular weight excluding hydrogens is 233 g/mol. The largest absolute Gasteiger partial charge is 0.396 e. The lowest BCUT2D eigenvalue weighted by Gasteiger charge is -2.32. The van der Waals surface area contributed by atoms with Crippen LogP contribution in [-0.4, -0.2) is 18.3 Å². The van der Waals surface area contributed by atoms with Gasteiger partial charge in [0.2, 0.25) is 0 Å². The van der Waals surface area contributed by atoms with Crippen LogP contribution in [0.2, 0.25) is 0 Å². The molecule has 2 atom stereocenters. The van der Waals surface area contributed by atoms with E-state index in [1.54, 1.807) is 12.1 Å². The molecule has 2 N–H and O–H groups in total. The van der Waals surface area contributed by atoms with Crippen molar-refractivity contribution in [2.75, 3.05) is 5.73 Å². The van der Waals surface area contributed by atoms with Gasteiger partial charge in [-0.15, -0.1) is 0 Å². The van der Waals surface area contributed by atoms with Gasteiger partial charge in [-0.05, 0) is 44.4 Å². The zero-order valence-corrected chi connectivity index (χ0v) is 10.9. The van der Waals surface area contributed by atoms with Crippen LogP contribution in [0.15, 0.2) is 18.2 Å². The molecule has 0 aliphatic carbocycles. The van der Waals surface area contributed by atoms with Gasteiger partial charge >= 0.3 is 0 Å². The number of hydrogen-bond donors (Lipinski definition) is 1. The molecule has 1 saturated heterocycles. The van der Waals surface area contributed by atoms with E-state index >= 15 is 0 Å². The fourth-order valence-electron chi connectivity index (χ4n) is 2.35. The van der Waals surface area contributed by atoms with E-state index in [1.807, 2.05) is 0 Å². The molecule has 1 heterocycles. The lowest BCUT2D eigenvalue weighted by atomic mass is 10.0. The first-order chi connectivity index (χ1) is 8.54. The summed E-state index contributed by atoms with van der Waals surface area (Å²) < 4.78 is 24.7. The summed E-state index contributed by atoms with van der Waals surface area (Å²) in [5, 5.41) is 0. The smallest absolute Gasteiger partial charge is 0.146 e. The quantitative estimate of drug-likeness (QED) is 0.842. The van der Waals surface area contributed by atoms with Gasteiger partial charge in [-0.1, -0.05) is 6.07 Å². The predicted molar refractivity (Wildman–Crippen MR) is 68.6 cm³/mol. The number of rotatable bonds is 3. The molecule has 0 amide bonds. The van der Waals surface area contributed by atoms with Crippen LogP contribution >= 0.6 is 0 Å². The third-order valence-electron chi connectivity index (χ3n) is 3.20. The molecule has 1 aromatic rings. The minimum absolute atomic E-state index is 0.173. The molecule has 2 unspecified atom stereocenters. The Hall–Kier alpha value is -1.13. The maximum Gasteiger partial charge on any atom is 0.146 e. The molecule has 18 heavy (non-hydrogen) atoms. The maximum absolute atomic E-state index is 13.3. The van der Waals surface area contributed by atoms with Gasteiger partial charge in [0.25, 0.3) is 0 Å². The summed E-state index contributed by atoms with van der Waals surface area (Å²) >= 11 is 0. The van der Waals surface area contributed by atoms with E-state index in [0.717, 1.165) is 18.4 Å². The van der Waals surface area contributed by atoms with Gasteiger partial charge in [-0.25, -0.2) is 4.39 Å². The van der Waals surface area contributed by atoms with Crippen LogP contribution < -0.4 is 5.73 Å². The lowest BCUT2D eigenvalue weighted by Crippen LogP contribution is -2.33. The Labute approximate surface area is 107 Å². The van der Waals surface area contributed by atoms with Crippen LogP contribution in [0.1, 0.15) is 32.3 Å². The van der Waals surface area contributed by atoms with Crippen molar-refractivity contribution in [1.29, 1.82) is 0 Å². The van der Waals surface area contributed by atoms with E-state index in [0.29, 0.717) is 6.61 Å². The average Bonchev–Trinajstić information content (AvgIpc) is 2.29. The van der Waals surface area contributed by atoms with Crippen molar-refractivity contribution in [3.8, 4) is 0 Å². The topological polar surface area (TPSA) is 44.5 Å². The Balaban J connectivity index is 1.89. The summed E-state index contributed by atoms with van der Waals surface area (Å²) in [5.41, 5.74) is 6.42. The number of nitrogens with two attached hydrogens (primary N) is 1. The lowest BCUT2D eigenvalue weighted by molar-refractivity contribution is -0.106. The van der Waals surface area contributed by atoms with Gasteiger partial charge in [-0.3, -0.25) is 0 Å². The molecular formula is C14H20FNO2. The van der Waals surface area contributed by atoms with Crippen LogP contribution in [0, 0.1) is 5.82 Å². The summed E-state index contributed by atoms with van der Waals surface area (Å²) in [4.78, 5) is 0. The molecule has 100 valence electrons. The zero-order chi connectivity index (χ0) is 13.1. The highest BCUT2D eigenvalue weighted by Crippen LogP contribution is 2.23. The summed E-state index contributed by atoms with van der Waals surface area (Å²) in [6, 6.07) is 4.80. The van der Waals surface area contributed by atoms with Crippen molar-refractivity contribution in [1.82, 2.24) is 0 Å². The number of halogens is 1. The summed E-state index contributed by atoms with van der Waals surface area (Å²) in [6.07, 6.45) is 2.41. The number of benzene rings is 1. The number of anilines is 1. The zero-order valence-electron chi connectivity index (χ0n) is 10.9. The Bertz CT molecular complexity index is 401. The molecule has 0 aromatic heterocycles. The Morgan fingerprint density at radius 3 is 2.61 bits per heavy atom. The SMILES string of the molecule is CC1CC(OCc2ccc(N)c(F)c2)CC(C)O1. The highest BCUT2D eigenvalue weighted by atomic mass is 19.1. The summed E-state index contributed by atoms with van der Waals surface area (Å²) in [6.45, 7) is 4.52. The molecule has 0 spiro atoms. The van der Waals surface area contributed by atoms with Crippen molar-refractivity contribution in [3.05, 3.63) is 29.6 Å². The fourth-order valence-corrected chi connectivity index (χ4v) is 2.35. The minimum atomic E-state index is -0.384. The maximum atomic E-state index is 13.3. The van der Waals surface area contributed by atoms with E-state index in [1.165, 1.54) is 6.07 Å². The van der Waals surface area contributed by atoms with Crippen molar-refractivity contribution >= 4 is 5.69 Å². The average molecular weight is 253 g/mol. The van der Waals surface area contributed by atoms with Crippen LogP contribution in [-0.2, 0) is 16.1 Å². The molecule has 4 heteroatoms. The van der Waals surface area contributed by atoms with E-state index in [-0.39, 0.29) is 29.8 Å². The molecule has 1 fully saturated rings. The molecule has 1 aromatic carbocycles. The Morgan fingerprint density at radius 2 is 2.00 bits per heavy atom. The third-order valence-corrected chi connectivity index (χ3v) is 3.20. The second-order valence-corrected chi connectivity index (χ2v) is 5.02.